The molecule has 0 bridgehead atoms. The quantitative estimate of drug-likeness (QED) is 0.351. The van der Waals surface area contributed by atoms with Crippen LogP contribution in [0.5, 0.6) is 5.75 Å². The highest BCUT2D eigenvalue weighted by Gasteiger charge is 2.14. The molecule has 0 saturated carbocycles. The monoisotopic (exact) mass is 412 g/mol. The molecule has 0 unspecified atom stereocenters. The van der Waals surface area contributed by atoms with E-state index in [1.165, 1.54) is 6.07 Å². The van der Waals surface area contributed by atoms with Crippen molar-refractivity contribution in [2.45, 2.75) is 52.6 Å². The zero-order valence-electron chi connectivity index (χ0n) is 17.5. The molecule has 0 spiro atoms. The Bertz CT molecular complexity index is 980. The molecule has 0 saturated heterocycles. The van der Waals surface area contributed by atoms with E-state index in [0.29, 0.717) is 17.5 Å². The van der Waals surface area contributed by atoms with Gasteiger partial charge in [0.1, 0.15) is 6.61 Å². The average molecular weight is 412 g/mol. The van der Waals surface area contributed by atoms with Gasteiger partial charge in [0.15, 0.2) is 23.2 Å². The summed E-state index contributed by atoms with van der Waals surface area (Å²) in [4.78, 5) is 0. The summed E-state index contributed by atoms with van der Waals surface area (Å²) in [5, 5.41) is 0. The molecule has 1 nitrogen and oxygen atoms in total. The number of halogens is 3. The van der Waals surface area contributed by atoms with Gasteiger partial charge in [-0.3, -0.25) is 0 Å². The van der Waals surface area contributed by atoms with Gasteiger partial charge in [-0.25, -0.2) is 13.2 Å². The van der Waals surface area contributed by atoms with Crippen molar-refractivity contribution in [1.82, 2.24) is 0 Å². The lowest BCUT2D eigenvalue weighted by Crippen LogP contribution is -1.99. The number of unbranched alkanes of at least 4 members (excludes halogenated alkanes) is 1. The van der Waals surface area contributed by atoms with E-state index in [1.54, 1.807) is 42.5 Å². The van der Waals surface area contributed by atoms with E-state index in [-0.39, 0.29) is 23.7 Å². The second kappa shape index (κ2) is 10.3. The van der Waals surface area contributed by atoms with Crippen molar-refractivity contribution in [3.8, 4) is 16.9 Å². The van der Waals surface area contributed by atoms with Crippen LogP contribution >= 0.6 is 0 Å². The van der Waals surface area contributed by atoms with Gasteiger partial charge in [-0.15, -0.1) is 0 Å². The van der Waals surface area contributed by atoms with E-state index in [1.807, 2.05) is 19.9 Å². The molecule has 0 aliphatic carbocycles. The number of aryl methyl sites for hydroxylation is 2. The van der Waals surface area contributed by atoms with Gasteiger partial charge < -0.3 is 4.74 Å². The van der Waals surface area contributed by atoms with E-state index in [2.05, 4.69) is 0 Å². The number of rotatable bonds is 9. The Kier molecular flexibility index (Phi) is 7.56. The van der Waals surface area contributed by atoms with E-state index < -0.39 is 11.6 Å². The van der Waals surface area contributed by atoms with Gasteiger partial charge in [0.05, 0.1) is 0 Å². The second-order valence-corrected chi connectivity index (χ2v) is 7.50. The van der Waals surface area contributed by atoms with Gasteiger partial charge in [0.25, 0.3) is 0 Å². The van der Waals surface area contributed by atoms with E-state index in [4.69, 9.17) is 4.74 Å². The fraction of sp³-hybridized carbons (Fsp3) is 0.308. The summed E-state index contributed by atoms with van der Waals surface area (Å²) in [5.41, 5.74) is 3.00. The van der Waals surface area contributed by atoms with Crippen LogP contribution in [0.25, 0.3) is 11.1 Å². The number of ether oxygens (including phenoxy) is 1. The van der Waals surface area contributed by atoms with E-state index in [9.17, 15) is 13.2 Å². The van der Waals surface area contributed by atoms with Gasteiger partial charge in [0.2, 0.25) is 0 Å². The zero-order valence-corrected chi connectivity index (χ0v) is 17.5. The zero-order chi connectivity index (χ0) is 21.5. The summed E-state index contributed by atoms with van der Waals surface area (Å²) in [7, 11) is 0. The molecule has 3 aromatic carbocycles. The van der Waals surface area contributed by atoms with Crippen LogP contribution in [-0.4, -0.2) is 0 Å². The molecule has 0 radical (unpaired) electrons. The van der Waals surface area contributed by atoms with Crippen molar-refractivity contribution in [1.29, 1.82) is 0 Å². The summed E-state index contributed by atoms with van der Waals surface area (Å²) >= 11 is 0. The Morgan fingerprint density at radius 3 is 2.13 bits per heavy atom. The molecule has 3 aromatic rings. The summed E-state index contributed by atoms with van der Waals surface area (Å²) in [6.07, 6.45) is 4.07. The number of benzene rings is 3. The molecule has 0 aromatic heterocycles. The first-order chi connectivity index (χ1) is 14.5. The minimum Gasteiger partial charge on any atom is -0.486 e. The van der Waals surface area contributed by atoms with Crippen LogP contribution in [0.1, 0.15) is 49.8 Å². The Labute approximate surface area is 176 Å². The molecule has 0 aliphatic heterocycles. The molecule has 0 atom stereocenters. The number of hydrogen-bond acceptors (Lipinski definition) is 1. The molecule has 0 aliphatic rings. The Morgan fingerprint density at radius 1 is 0.733 bits per heavy atom. The molecular formula is C26H27F3O. The Balaban J connectivity index is 1.69. The Hall–Kier alpha value is -2.75. The SMILES string of the molecule is CCCCc1ccc(-c2ccc(COc3ccc(CCC)cc3F)cc2)c(F)c1F. The maximum atomic E-state index is 14.5. The van der Waals surface area contributed by atoms with Gasteiger partial charge in [-0.1, -0.05) is 69.2 Å². The highest BCUT2D eigenvalue weighted by Crippen LogP contribution is 2.28. The van der Waals surface area contributed by atoms with Crippen LogP contribution < -0.4 is 4.74 Å². The topological polar surface area (TPSA) is 9.23 Å². The maximum Gasteiger partial charge on any atom is 0.166 e. The van der Waals surface area contributed by atoms with Crippen molar-refractivity contribution < 1.29 is 17.9 Å². The van der Waals surface area contributed by atoms with Crippen molar-refractivity contribution in [3.63, 3.8) is 0 Å². The first-order valence-corrected chi connectivity index (χ1v) is 10.5. The molecular weight excluding hydrogens is 385 g/mol. The van der Waals surface area contributed by atoms with Crippen LogP contribution in [0, 0.1) is 17.5 Å². The minimum absolute atomic E-state index is 0.192. The van der Waals surface area contributed by atoms with Crippen molar-refractivity contribution in [2.75, 3.05) is 0 Å². The van der Waals surface area contributed by atoms with Crippen LogP contribution in [0.2, 0.25) is 0 Å². The highest BCUT2D eigenvalue weighted by molar-refractivity contribution is 5.65. The first kappa shape index (κ1) is 21.9. The van der Waals surface area contributed by atoms with Gasteiger partial charge in [-0.2, -0.15) is 0 Å². The molecule has 0 amide bonds. The van der Waals surface area contributed by atoms with Crippen molar-refractivity contribution in [2.24, 2.45) is 0 Å². The third-order valence-electron chi connectivity index (χ3n) is 5.16. The smallest absolute Gasteiger partial charge is 0.166 e. The normalized spacial score (nSPS) is 11.0. The van der Waals surface area contributed by atoms with Crippen molar-refractivity contribution in [3.05, 3.63) is 88.7 Å². The lowest BCUT2D eigenvalue weighted by molar-refractivity contribution is 0.290. The van der Waals surface area contributed by atoms with Crippen LogP contribution in [-0.2, 0) is 19.4 Å². The molecule has 3 rings (SSSR count). The molecule has 4 heteroatoms. The minimum atomic E-state index is -0.818. The fourth-order valence-corrected chi connectivity index (χ4v) is 3.42. The molecule has 0 N–H and O–H groups in total. The highest BCUT2D eigenvalue weighted by atomic mass is 19.2. The largest absolute Gasteiger partial charge is 0.486 e. The first-order valence-electron chi connectivity index (χ1n) is 10.5. The molecule has 158 valence electrons. The maximum absolute atomic E-state index is 14.5. The summed E-state index contributed by atoms with van der Waals surface area (Å²) in [5.74, 6) is -1.76. The van der Waals surface area contributed by atoms with E-state index >= 15 is 0 Å². The molecule has 0 heterocycles. The van der Waals surface area contributed by atoms with Crippen LogP contribution in [0.15, 0.2) is 54.6 Å². The third kappa shape index (κ3) is 5.24. The standard InChI is InChI=1S/C26H27F3O/c1-3-5-7-21-13-14-22(26(29)25(21)28)20-11-8-19(9-12-20)17-30-24-15-10-18(6-4-2)16-23(24)27/h8-16H,3-7,17H2,1-2H3. The van der Waals surface area contributed by atoms with Crippen LogP contribution in [0.3, 0.4) is 0 Å². The van der Waals surface area contributed by atoms with Gasteiger partial charge >= 0.3 is 0 Å². The average Bonchev–Trinajstić information content (AvgIpc) is 2.75. The third-order valence-corrected chi connectivity index (χ3v) is 5.16. The lowest BCUT2D eigenvalue weighted by Gasteiger charge is -2.11. The summed E-state index contributed by atoms with van der Waals surface area (Å²) in [6, 6.07) is 15.3. The number of hydrogen-bond donors (Lipinski definition) is 0. The fourth-order valence-electron chi connectivity index (χ4n) is 3.42. The molecule has 30 heavy (non-hydrogen) atoms. The summed E-state index contributed by atoms with van der Waals surface area (Å²) < 4.78 is 48.6. The van der Waals surface area contributed by atoms with Gasteiger partial charge in [0, 0.05) is 5.56 Å². The Morgan fingerprint density at radius 2 is 1.47 bits per heavy atom. The lowest BCUT2D eigenvalue weighted by atomic mass is 9.99. The van der Waals surface area contributed by atoms with Crippen molar-refractivity contribution >= 4 is 0 Å². The second-order valence-electron chi connectivity index (χ2n) is 7.50. The van der Waals surface area contributed by atoms with Crippen LogP contribution in [0.4, 0.5) is 13.2 Å². The predicted octanol–water partition coefficient (Wildman–Crippen LogP) is 7.65. The summed E-state index contributed by atoms with van der Waals surface area (Å²) in [6.45, 7) is 4.26. The predicted molar refractivity (Wildman–Crippen MR) is 115 cm³/mol. The van der Waals surface area contributed by atoms with E-state index in [0.717, 1.165) is 36.8 Å². The molecule has 0 fully saturated rings. The van der Waals surface area contributed by atoms with Gasteiger partial charge in [-0.05, 0) is 53.6 Å².